The molecule has 2 nitrogen and oxygen atoms in total. The highest BCUT2D eigenvalue weighted by Crippen LogP contribution is 2.48. The van der Waals surface area contributed by atoms with Crippen LogP contribution in [0.25, 0.3) is 0 Å². The molecule has 0 spiro atoms. The van der Waals surface area contributed by atoms with E-state index in [4.69, 9.17) is 5.26 Å². The van der Waals surface area contributed by atoms with Crippen LogP contribution in [-0.4, -0.2) is 18.3 Å². The zero-order valence-electron chi connectivity index (χ0n) is 10.3. The van der Waals surface area contributed by atoms with Gasteiger partial charge in [0.05, 0.1) is 11.5 Å². The number of hydrogen-bond donors (Lipinski definition) is 1. The van der Waals surface area contributed by atoms with Crippen LogP contribution in [0.2, 0.25) is 0 Å². The normalized spacial score (nSPS) is 18.8. The van der Waals surface area contributed by atoms with Crippen LogP contribution in [0.15, 0.2) is 0 Å². The first-order chi connectivity index (χ1) is 7.72. The highest BCUT2D eigenvalue weighted by molar-refractivity contribution is 5.07. The van der Waals surface area contributed by atoms with Gasteiger partial charge in [-0.3, -0.25) is 0 Å². The molecule has 0 aromatic carbocycles. The number of nitriles is 1. The van der Waals surface area contributed by atoms with E-state index in [0.29, 0.717) is 13.0 Å². The summed E-state index contributed by atoms with van der Waals surface area (Å²) in [4.78, 5) is 0. The third-order valence-electron chi connectivity index (χ3n) is 3.29. The van der Waals surface area contributed by atoms with Crippen LogP contribution >= 0.6 is 0 Å². The van der Waals surface area contributed by atoms with Crippen molar-refractivity contribution < 1.29 is 13.2 Å². The van der Waals surface area contributed by atoms with Crippen molar-refractivity contribution in [3.05, 3.63) is 0 Å². The zero-order chi connectivity index (χ0) is 13.2. The van der Waals surface area contributed by atoms with E-state index < -0.39 is 11.7 Å². The van der Waals surface area contributed by atoms with E-state index in [9.17, 15) is 13.2 Å². The number of nitrogens with one attached hydrogen (secondary N) is 1. The van der Waals surface area contributed by atoms with Crippen LogP contribution in [0, 0.1) is 16.7 Å². The first kappa shape index (κ1) is 14.3. The molecule has 0 saturated heterocycles. The maximum Gasteiger partial charge on any atom is 0.406 e. The molecule has 17 heavy (non-hydrogen) atoms. The Labute approximate surface area is 100 Å². The van der Waals surface area contributed by atoms with Crippen molar-refractivity contribution in [3.8, 4) is 6.07 Å². The Hall–Kier alpha value is -0.760. The Kier molecular flexibility index (Phi) is 4.08. The van der Waals surface area contributed by atoms with Crippen LogP contribution in [-0.2, 0) is 0 Å². The van der Waals surface area contributed by atoms with Gasteiger partial charge in [0.25, 0.3) is 0 Å². The number of rotatable bonds is 6. The monoisotopic (exact) mass is 248 g/mol. The van der Waals surface area contributed by atoms with Crippen LogP contribution < -0.4 is 5.32 Å². The molecular formula is C12H19F3N2. The second kappa shape index (κ2) is 4.85. The van der Waals surface area contributed by atoms with Gasteiger partial charge < -0.3 is 5.32 Å². The minimum atomic E-state index is -4.13. The Balaban J connectivity index is 2.16. The van der Waals surface area contributed by atoms with E-state index in [1.165, 1.54) is 0 Å². The number of hydrogen-bond acceptors (Lipinski definition) is 2. The summed E-state index contributed by atoms with van der Waals surface area (Å²) in [5.41, 5.74) is -1.97. The largest absolute Gasteiger partial charge is 0.406 e. The predicted octanol–water partition coefficient (Wildman–Crippen LogP) is 3.39. The quantitative estimate of drug-likeness (QED) is 0.731. The molecule has 98 valence electrons. The van der Waals surface area contributed by atoms with E-state index in [1.807, 2.05) is 13.8 Å². The van der Waals surface area contributed by atoms with E-state index in [0.717, 1.165) is 12.8 Å². The first-order valence-corrected chi connectivity index (χ1v) is 5.95. The minimum absolute atomic E-state index is 0.195. The molecule has 1 aliphatic carbocycles. The lowest BCUT2D eigenvalue weighted by Crippen LogP contribution is -2.45. The molecule has 0 aromatic rings. The van der Waals surface area contributed by atoms with Gasteiger partial charge in [0.2, 0.25) is 0 Å². The Bertz CT molecular complexity index is 298. The molecule has 1 rings (SSSR count). The lowest BCUT2D eigenvalue weighted by atomic mass is 9.89. The molecular weight excluding hydrogens is 229 g/mol. The van der Waals surface area contributed by atoms with E-state index in [-0.39, 0.29) is 18.3 Å². The van der Waals surface area contributed by atoms with Crippen molar-refractivity contribution in [3.63, 3.8) is 0 Å². The van der Waals surface area contributed by atoms with Crippen LogP contribution in [0.4, 0.5) is 13.2 Å². The molecule has 0 radical (unpaired) electrons. The van der Waals surface area contributed by atoms with Crippen molar-refractivity contribution in [1.29, 1.82) is 5.26 Å². The Morgan fingerprint density at radius 1 is 1.24 bits per heavy atom. The van der Waals surface area contributed by atoms with Gasteiger partial charge in [0.15, 0.2) is 0 Å². The molecule has 0 aliphatic heterocycles. The fourth-order valence-corrected chi connectivity index (χ4v) is 1.76. The number of unbranched alkanes of at least 4 members (excludes halogenated alkanes) is 1. The molecule has 1 saturated carbocycles. The summed E-state index contributed by atoms with van der Waals surface area (Å²) in [6, 6.07) is 2.18. The fraction of sp³-hybridized carbons (Fsp3) is 0.917. The molecule has 0 aromatic heterocycles. The van der Waals surface area contributed by atoms with Crippen molar-refractivity contribution in [1.82, 2.24) is 5.32 Å². The zero-order valence-corrected chi connectivity index (χ0v) is 10.3. The second-order valence-electron chi connectivity index (χ2n) is 5.46. The second-order valence-corrected chi connectivity index (χ2v) is 5.46. The van der Waals surface area contributed by atoms with Crippen molar-refractivity contribution >= 4 is 0 Å². The number of nitrogens with zero attached hydrogens (tertiary/aromatic N) is 1. The highest BCUT2D eigenvalue weighted by atomic mass is 19.4. The molecule has 1 fully saturated rings. The summed E-state index contributed by atoms with van der Waals surface area (Å²) < 4.78 is 37.6. The summed E-state index contributed by atoms with van der Waals surface area (Å²) in [6.07, 6.45) is -1.55. The first-order valence-electron chi connectivity index (χ1n) is 5.95. The standard InChI is InChI=1S/C12H19F3N2/c1-10(2,9-16)5-3-4-8-17-11(6-7-11)12(13,14)15/h17H,3-8H2,1-2H3. The predicted molar refractivity (Wildman–Crippen MR) is 59.3 cm³/mol. The van der Waals surface area contributed by atoms with Crippen LogP contribution in [0.5, 0.6) is 0 Å². The van der Waals surface area contributed by atoms with Gasteiger partial charge >= 0.3 is 6.18 Å². The van der Waals surface area contributed by atoms with Crippen molar-refractivity contribution in [2.45, 2.75) is 57.7 Å². The molecule has 1 aliphatic rings. The van der Waals surface area contributed by atoms with Gasteiger partial charge in [-0.05, 0) is 46.1 Å². The van der Waals surface area contributed by atoms with Gasteiger partial charge in [-0.1, -0.05) is 6.42 Å². The minimum Gasteiger partial charge on any atom is -0.304 e. The third-order valence-corrected chi connectivity index (χ3v) is 3.29. The van der Waals surface area contributed by atoms with E-state index >= 15 is 0 Å². The summed E-state index contributed by atoms with van der Waals surface area (Å²) in [6.45, 7) is 4.07. The lowest BCUT2D eigenvalue weighted by molar-refractivity contribution is -0.165. The maximum atomic E-state index is 12.5. The molecule has 0 heterocycles. The topological polar surface area (TPSA) is 35.8 Å². The van der Waals surface area contributed by atoms with E-state index in [2.05, 4.69) is 11.4 Å². The number of halogens is 3. The fourth-order valence-electron chi connectivity index (χ4n) is 1.76. The number of alkyl halides is 3. The average molecular weight is 248 g/mol. The molecule has 0 unspecified atom stereocenters. The average Bonchev–Trinajstić information content (AvgIpc) is 2.97. The maximum absolute atomic E-state index is 12.5. The van der Waals surface area contributed by atoms with Crippen LogP contribution in [0.3, 0.4) is 0 Å². The van der Waals surface area contributed by atoms with Gasteiger partial charge in [-0.25, -0.2) is 0 Å². The summed E-state index contributed by atoms with van der Waals surface area (Å²) in [5, 5.41) is 11.4. The Morgan fingerprint density at radius 2 is 1.82 bits per heavy atom. The molecule has 0 bridgehead atoms. The SMILES string of the molecule is CC(C)(C#N)CCCCNC1(C(F)(F)F)CC1. The Morgan fingerprint density at radius 3 is 2.24 bits per heavy atom. The van der Waals surface area contributed by atoms with Gasteiger partial charge in [-0.2, -0.15) is 18.4 Å². The summed E-state index contributed by atoms with van der Waals surface area (Å²) >= 11 is 0. The molecule has 5 heteroatoms. The summed E-state index contributed by atoms with van der Waals surface area (Å²) in [7, 11) is 0. The third kappa shape index (κ3) is 3.88. The van der Waals surface area contributed by atoms with Gasteiger partial charge in [0.1, 0.15) is 5.54 Å². The van der Waals surface area contributed by atoms with Gasteiger partial charge in [0, 0.05) is 0 Å². The smallest absolute Gasteiger partial charge is 0.304 e. The molecule has 0 amide bonds. The van der Waals surface area contributed by atoms with Crippen LogP contribution in [0.1, 0.15) is 46.0 Å². The molecule has 0 atom stereocenters. The lowest BCUT2D eigenvalue weighted by Gasteiger charge is -2.21. The van der Waals surface area contributed by atoms with Crippen molar-refractivity contribution in [2.75, 3.05) is 6.54 Å². The van der Waals surface area contributed by atoms with E-state index in [1.54, 1.807) is 0 Å². The highest BCUT2D eigenvalue weighted by Gasteiger charge is 2.62. The summed E-state index contributed by atoms with van der Waals surface area (Å²) in [5.74, 6) is 0. The molecule has 1 N–H and O–H groups in total. The van der Waals surface area contributed by atoms with Crippen molar-refractivity contribution in [2.24, 2.45) is 5.41 Å². The van der Waals surface area contributed by atoms with Gasteiger partial charge in [-0.15, -0.1) is 0 Å².